The highest BCUT2D eigenvalue weighted by molar-refractivity contribution is 14.0. The van der Waals surface area contributed by atoms with Crippen LogP contribution in [0.25, 0.3) is 0 Å². The minimum atomic E-state index is 0. The van der Waals surface area contributed by atoms with Gasteiger partial charge in [-0.15, -0.1) is 34.2 Å². The van der Waals surface area contributed by atoms with Crippen LogP contribution >= 0.6 is 24.0 Å². The fraction of sp³-hybridized carbons (Fsp3) is 0.750. The molecule has 1 atom stereocenters. The van der Waals surface area contributed by atoms with Gasteiger partial charge >= 0.3 is 0 Å². The van der Waals surface area contributed by atoms with Gasteiger partial charge in [-0.1, -0.05) is 6.42 Å². The van der Waals surface area contributed by atoms with E-state index < -0.39 is 0 Å². The van der Waals surface area contributed by atoms with Crippen LogP contribution in [-0.2, 0) is 43.7 Å². The fourth-order valence-electron chi connectivity index (χ4n) is 4.24. The molecule has 0 aromatic carbocycles. The molecule has 2 aliphatic heterocycles. The lowest BCUT2D eigenvalue weighted by molar-refractivity contribution is 0.177. The van der Waals surface area contributed by atoms with Gasteiger partial charge in [0, 0.05) is 52.6 Å². The standard InChI is InChI=1S/C20H33N9O.HI/c1-21-20(23-15-9-10-17-24-16(14-30-2)27-29(17)13-15)22-11-6-8-19-26-25-18-7-4-3-5-12-28(18)19;/h15H,3-14H2,1-2H3,(H2,21,22,23);1H. The van der Waals surface area contributed by atoms with Crippen LogP contribution in [0.4, 0.5) is 0 Å². The van der Waals surface area contributed by atoms with E-state index in [1.807, 2.05) is 11.7 Å². The number of ether oxygens (including phenoxy) is 1. The van der Waals surface area contributed by atoms with E-state index in [1.165, 1.54) is 19.3 Å². The molecule has 4 heterocycles. The molecule has 0 spiro atoms. The third kappa shape index (κ3) is 6.15. The highest BCUT2D eigenvalue weighted by Gasteiger charge is 2.22. The quantitative estimate of drug-likeness (QED) is 0.236. The summed E-state index contributed by atoms with van der Waals surface area (Å²) in [6.07, 6.45) is 8.66. The van der Waals surface area contributed by atoms with Crippen molar-refractivity contribution in [3.8, 4) is 0 Å². The van der Waals surface area contributed by atoms with Crippen LogP contribution < -0.4 is 10.6 Å². The smallest absolute Gasteiger partial charge is 0.191 e. The Balaban J connectivity index is 0.00000272. The summed E-state index contributed by atoms with van der Waals surface area (Å²) in [5.41, 5.74) is 0. The van der Waals surface area contributed by atoms with Crippen LogP contribution in [0.3, 0.4) is 0 Å². The van der Waals surface area contributed by atoms with Gasteiger partial charge in [-0.2, -0.15) is 5.10 Å². The van der Waals surface area contributed by atoms with Gasteiger partial charge in [0.2, 0.25) is 0 Å². The van der Waals surface area contributed by atoms with Gasteiger partial charge in [-0.3, -0.25) is 4.99 Å². The van der Waals surface area contributed by atoms with Crippen LogP contribution in [0, 0.1) is 0 Å². The zero-order chi connectivity index (χ0) is 20.8. The van der Waals surface area contributed by atoms with Crippen molar-refractivity contribution in [1.29, 1.82) is 0 Å². The number of guanidine groups is 1. The predicted molar refractivity (Wildman–Crippen MR) is 129 cm³/mol. The highest BCUT2D eigenvalue weighted by Crippen LogP contribution is 2.15. The lowest BCUT2D eigenvalue weighted by Gasteiger charge is -2.25. The largest absolute Gasteiger partial charge is 0.377 e. The van der Waals surface area contributed by atoms with Crippen LogP contribution in [0.1, 0.15) is 55.4 Å². The van der Waals surface area contributed by atoms with E-state index >= 15 is 0 Å². The molecule has 0 fully saturated rings. The summed E-state index contributed by atoms with van der Waals surface area (Å²) in [4.78, 5) is 8.92. The molecule has 172 valence electrons. The summed E-state index contributed by atoms with van der Waals surface area (Å²) >= 11 is 0. The van der Waals surface area contributed by atoms with Gasteiger partial charge in [0.15, 0.2) is 11.8 Å². The first-order chi connectivity index (χ1) is 14.8. The molecule has 10 nitrogen and oxygen atoms in total. The summed E-state index contributed by atoms with van der Waals surface area (Å²) in [5, 5.41) is 20.3. The highest BCUT2D eigenvalue weighted by atomic mass is 127. The first-order valence-electron chi connectivity index (χ1n) is 11.1. The minimum Gasteiger partial charge on any atom is -0.377 e. The van der Waals surface area contributed by atoms with Crippen molar-refractivity contribution < 1.29 is 4.74 Å². The lowest BCUT2D eigenvalue weighted by atomic mass is 10.1. The van der Waals surface area contributed by atoms with E-state index in [0.29, 0.717) is 6.61 Å². The third-order valence-corrected chi connectivity index (χ3v) is 5.80. The number of fused-ring (bicyclic) bond motifs is 2. The Hall–Kier alpha value is -1.76. The molecule has 11 heteroatoms. The van der Waals surface area contributed by atoms with Gasteiger partial charge in [-0.05, 0) is 25.7 Å². The van der Waals surface area contributed by atoms with Crippen LogP contribution in [-0.4, -0.2) is 62.2 Å². The van der Waals surface area contributed by atoms with E-state index in [1.54, 1.807) is 7.11 Å². The molecule has 0 amide bonds. The average Bonchev–Trinajstić information content (AvgIpc) is 3.25. The zero-order valence-electron chi connectivity index (χ0n) is 18.5. The molecule has 2 aromatic heterocycles. The normalized spacial score (nSPS) is 18.5. The van der Waals surface area contributed by atoms with Crippen LogP contribution in [0.2, 0.25) is 0 Å². The molecular weight excluding hydrogens is 509 g/mol. The van der Waals surface area contributed by atoms with E-state index in [0.717, 1.165) is 81.0 Å². The topological polar surface area (TPSA) is 107 Å². The second-order valence-corrected chi connectivity index (χ2v) is 8.04. The summed E-state index contributed by atoms with van der Waals surface area (Å²) in [6, 6.07) is 0.285. The fourth-order valence-corrected chi connectivity index (χ4v) is 4.24. The van der Waals surface area contributed by atoms with E-state index in [4.69, 9.17) is 4.74 Å². The number of rotatable bonds is 7. The number of methoxy groups -OCH3 is 1. The Bertz CT molecular complexity index is 863. The number of hydrogen-bond donors (Lipinski definition) is 2. The summed E-state index contributed by atoms with van der Waals surface area (Å²) in [5.74, 6) is 4.90. The Morgan fingerprint density at radius 2 is 2.10 bits per heavy atom. The number of nitrogens with one attached hydrogen (secondary N) is 2. The molecule has 2 aromatic rings. The van der Waals surface area contributed by atoms with Crippen molar-refractivity contribution in [3.63, 3.8) is 0 Å². The van der Waals surface area contributed by atoms with Gasteiger partial charge in [0.05, 0.1) is 6.54 Å². The Morgan fingerprint density at radius 3 is 2.94 bits per heavy atom. The molecule has 0 saturated heterocycles. The number of aromatic nitrogens is 6. The number of aliphatic imine (C=N–C) groups is 1. The van der Waals surface area contributed by atoms with Gasteiger partial charge < -0.3 is 19.9 Å². The van der Waals surface area contributed by atoms with Gasteiger partial charge in [0.25, 0.3) is 0 Å². The van der Waals surface area contributed by atoms with Crippen molar-refractivity contribution in [1.82, 2.24) is 40.2 Å². The Kier molecular flexibility index (Phi) is 9.05. The van der Waals surface area contributed by atoms with Gasteiger partial charge in [0.1, 0.15) is 24.1 Å². The number of aryl methyl sites for hydroxylation is 3. The SMILES string of the molecule is CN=C(NCCCc1nnc2n1CCCCC2)NC1CCc2nc(COC)nn2C1.I. The van der Waals surface area contributed by atoms with Crippen molar-refractivity contribution in [2.45, 2.75) is 77.1 Å². The molecule has 0 saturated carbocycles. The first kappa shape index (κ1) is 23.9. The molecule has 31 heavy (non-hydrogen) atoms. The molecule has 2 N–H and O–H groups in total. The predicted octanol–water partition coefficient (Wildman–Crippen LogP) is 1.47. The van der Waals surface area contributed by atoms with Crippen LogP contribution in [0.5, 0.6) is 0 Å². The third-order valence-electron chi connectivity index (χ3n) is 5.80. The molecule has 2 aliphatic rings. The summed E-state index contributed by atoms with van der Waals surface area (Å²) < 4.78 is 9.45. The van der Waals surface area contributed by atoms with Crippen LogP contribution in [0.15, 0.2) is 4.99 Å². The van der Waals surface area contributed by atoms with Crippen molar-refractivity contribution in [2.75, 3.05) is 20.7 Å². The van der Waals surface area contributed by atoms with E-state index in [-0.39, 0.29) is 30.0 Å². The maximum Gasteiger partial charge on any atom is 0.191 e. The maximum atomic E-state index is 5.14. The van der Waals surface area contributed by atoms with E-state index in [9.17, 15) is 0 Å². The van der Waals surface area contributed by atoms with Gasteiger partial charge in [-0.25, -0.2) is 9.67 Å². The number of nitrogens with zero attached hydrogens (tertiary/aromatic N) is 7. The van der Waals surface area contributed by atoms with Crippen molar-refractivity contribution in [2.24, 2.45) is 4.99 Å². The second-order valence-electron chi connectivity index (χ2n) is 8.04. The number of hydrogen-bond acceptors (Lipinski definition) is 6. The Labute approximate surface area is 200 Å². The minimum absolute atomic E-state index is 0. The molecule has 4 rings (SSSR count). The second kappa shape index (κ2) is 11.7. The maximum absolute atomic E-state index is 5.14. The molecule has 0 radical (unpaired) electrons. The molecule has 0 bridgehead atoms. The summed E-state index contributed by atoms with van der Waals surface area (Å²) in [6.45, 7) is 3.16. The summed E-state index contributed by atoms with van der Waals surface area (Å²) in [7, 11) is 3.48. The average molecular weight is 543 g/mol. The number of halogens is 1. The monoisotopic (exact) mass is 543 g/mol. The van der Waals surface area contributed by atoms with Crippen molar-refractivity contribution >= 4 is 29.9 Å². The lowest BCUT2D eigenvalue weighted by Crippen LogP contribution is -2.47. The first-order valence-corrected chi connectivity index (χ1v) is 11.1. The molecule has 0 aliphatic carbocycles. The van der Waals surface area contributed by atoms with Crippen molar-refractivity contribution in [3.05, 3.63) is 23.3 Å². The van der Waals surface area contributed by atoms with E-state index in [2.05, 4.69) is 40.5 Å². The molecular formula is C20H34IN9O. The Morgan fingerprint density at radius 1 is 1.19 bits per heavy atom. The zero-order valence-corrected chi connectivity index (χ0v) is 20.8. The molecule has 1 unspecified atom stereocenters.